The number of amides is 1. The molecular weight excluding hydrogens is 432 g/mol. The van der Waals surface area contributed by atoms with Crippen LogP contribution in [0, 0.1) is 0 Å². The zero-order valence-corrected chi connectivity index (χ0v) is 20.0. The molecule has 8 nitrogen and oxygen atoms in total. The lowest BCUT2D eigenvalue weighted by atomic mass is 9.93. The molecule has 0 saturated carbocycles. The Morgan fingerprint density at radius 3 is 2.50 bits per heavy atom. The molecule has 3 rings (SSSR count). The SMILES string of the molecule is CCOc1ccc(C2C(C(=O)OCCOC)=C(C)N=C3SC(CC)C(=O)N32)cc1OCC. The molecule has 0 bridgehead atoms. The Balaban J connectivity index is 2.09. The summed E-state index contributed by atoms with van der Waals surface area (Å²) in [7, 11) is 1.54. The Bertz CT molecular complexity index is 929. The quantitative estimate of drug-likeness (QED) is 0.387. The molecule has 32 heavy (non-hydrogen) atoms. The molecule has 1 fully saturated rings. The van der Waals surface area contributed by atoms with Gasteiger partial charge < -0.3 is 18.9 Å². The van der Waals surface area contributed by atoms with Crippen LogP contribution in [0.3, 0.4) is 0 Å². The highest BCUT2D eigenvalue weighted by Gasteiger charge is 2.47. The molecule has 0 aromatic heterocycles. The molecule has 1 aromatic carbocycles. The van der Waals surface area contributed by atoms with Crippen molar-refractivity contribution in [2.45, 2.75) is 45.4 Å². The summed E-state index contributed by atoms with van der Waals surface area (Å²) in [5.41, 5.74) is 1.60. The molecule has 2 atom stereocenters. The highest BCUT2D eigenvalue weighted by atomic mass is 32.2. The fourth-order valence-corrected chi connectivity index (χ4v) is 4.83. The van der Waals surface area contributed by atoms with Crippen LogP contribution in [0.25, 0.3) is 0 Å². The second-order valence-electron chi connectivity index (χ2n) is 7.22. The number of benzene rings is 1. The van der Waals surface area contributed by atoms with Gasteiger partial charge >= 0.3 is 5.97 Å². The summed E-state index contributed by atoms with van der Waals surface area (Å²) in [6, 6.07) is 4.83. The molecule has 1 aromatic rings. The summed E-state index contributed by atoms with van der Waals surface area (Å²) in [6.45, 7) is 8.88. The van der Waals surface area contributed by atoms with Gasteiger partial charge in [-0.1, -0.05) is 24.8 Å². The molecule has 2 unspecified atom stereocenters. The Hall–Kier alpha value is -2.52. The van der Waals surface area contributed by atoms with E-state index in [1.54, 1.807) is 18.9 Å². The summed E-state index contributed by atoms with van der Waals surface area (Å²) in [5.74, 6) is 0.591. The van der Waals surface area contributed by atoms with E-state index in [-0.39, 0.29) is 24.4 Å². The van der Waals surface area contributed by atoms with Crippen LogP contribution in [-0.2, 0) is 19.1 Å². The Kier molecular flexibility index (Phi) is 8.20. The average Bonchev–Trinajstić information content (AvgIpc) is 3.09. The summed E-state index contributed by atoms with van der Waals surface area (Å²) >= 11 is 1.43. The second kappa shape index (κ2) is 10.9. The number of hydrogen-bond acceptors (Lipinski definition) is 8. The first kappa shape index (κ1) is 24.1. The summed E-state index contributed by atoms with van der Waals surface area (Å²) in [5, 5.41) is 0.367. The van der Waals surface area contributed by atoms with E-state index in [0.717, 1.165) is 5.56 Å². The first-order chi connectivity index (χ1) is 15.5. The van der Waals surface area contributed by atoms with E-state index >= 15 is 0 Å². The molecule has 1 amide bonds. The van der Waals surface area contributed by atoms with Crippen LogP contribution in [0.1, 0.15) is 45.7 Å². The van der Waals surface area contributed by atoms with Crippen molar-refractivity contribution in [3.8, 4) is 11.5 Å². The number of nitrogens with zero attached hydrogens (tertiary/aromatic N) is 2. The minimum atomic E-state index is -0.663. The van der Waals surface area contributed by atoms with Crippen molar-refractivity contribution >= 4 is 28.8 Å². The van der Waals surface area contributed by atoms with Gasteiger partial charge in [0.2, 0.25) is 5.91 Å². The van der Waals surface area contributed by atoms with Gasteiger partial charge in [-0.05, 0) is 44.9 Å². The number of methoxy groups -OCH3 is 1. The topological polar surface area (TPSA) is 86.7 Å². The van der Waals surface area contributed by atoms with E-state index in [0.29, 0.717) is 47.6 Å². The van der Waals surface area contributed by atoms with Gasteiger partial charge in [0, 0.05) is 7.11 Å². The van der Waals surface area contributed by atoms with Crippen molar-refractivity contribution in [2.75, 3.05) is 33.5 Å². The molecule has 174 valence electrons. The van der Waals surface area contributed by atoms with Crippen molar-refractivity contribution < 1.29 is 28.5 Å². The third-order valence-electron chi connectivity index (χ3n) is 5.15. The largest absolute Gasteiger partial charge is 0.490 e. The first-order valence-corrected chi connectivity index (χ1v) is 11.7. The number of allylic oxidation sites excluding steroid dienone is 1. The molecule has 0 radical (unpaired) electrons. The van der Waals surface area contributed by atoms with Gasteiger partial charge in [0.1, 0.15) is 6.61 Å². The highest BCUT2D eigenvalue weighted by Crippen LogP contribution is 2.45. The minimum Gasteiger partial charge on any atom is -0.490 e. The van der Waals surface area contributed by atoms with Gasteiger partial charge in [0.25, 0.3) is 0 Å². The number of aliphatic imine (C=N–C) groups is 1. The normalized spacial score (nSPS) is 20.2. The number of fused-ring (bicyclic) bond motifs is 1. The van der Waals surface area contributed by atoms with Crippen LogP contribution in [-0.4, -0.2) is 60.7 Å². The zero-order chi connectivity index (χ0) is 23.3. The Morgan fingerprint density at radius 2 is 1.84 bits per heavy atom. The predicted octanol–water partition coefficient (Wildman–Crippen LogP) is 3.71. The van der Waals surface area contributed by atoms with Gasteiger partial charge in [-0.2, -0.15) is 0 Å². The molecule has 0 N–H and O–H groups in total. The van der Waals surface area contributed by atoms with E-state index in [1.807, 2.05) is 39.0 Å². The van der Waals surface area contributed by atoms with Crippen LogP contribution in [0.2, 0.25) is 0 Å². The van der Waals surface area contributed by atoms with Gasteiger partial charge in [0.15, 0.2) is 16.7 Å². The molecule has 2 aliphatic rings. The van der Waals surface area contributed by atoms with Crippen LogP contribution in [0.4, 0.5) is 0 Å². The maximum absolute atomic E-state index is 13.2. The Labute approximate surface area is 192 Å². The fourth-order valence-electron chi connectivity index (χ4n) is 3.70. The number of ether oxygens (including phenoxy) is 4. The number of carbonyl (C=O) groups is 2. The highest BCUT2D eigenvalue weighted by molar-refractivity contribution is 8.15. The predicted molar refractivity (Wildman–Crippen MR) is 123 cm³/mol. The lowest BCUT2D eigenvalue weighted by Gasteiger charge is -2.33. The van der Waals surface area contributed by atoms with E-state index in [9.17, 15) is 9.59 Å². The van der Waals surface area contributed by atoms with Crippen molar-refractivity contribution in [1.29, 1.82) is 0 Å². The van der Waals surface area contributed by atoms with Crippen LogP contribution >= 0.6 is 11.8 Å². The maximum Gasteiger partial charge on any atom is 0.338 e. The molecular formula is C23H30N2O6S. The molecule has 2 heterocycles. The number of hydrogen-bond donors (Lipinski definition) is 0. The van der Waals surface area contributed by atoms with E-state index < -0.39 is 12.0 Å². The first-order valence-electron chi connectivity index (χ1n) is 10.8. The van der Waals surface area contributed by atoms with E-state index in [4.69, 9.17) is 18.9 Å². The third kappa shape index (κ3) is 4.78. The molecule has 1 saturated heterocycles. The van der Waals surface area contributed by atoms with Crippen LogP contribution in [0.5, 0.6) is 11.5 Å². The van der Waals surface area contributed by atoms with Crippen molar-refractivity contribution in [3.05, 3.63) is 35.0 Å². The lowest BCUT2D eigenvalue weighted by molar-refractivity contribution is -0.141. The van der Waals surface area contributed by atoms with E-state index in [1.165, 1.54) is 11.8 Å². The summed E-state index contributed by atoms with van der Waals surface area (Å²) < 4.78 is 21.9. The number of amidine groups is 1. The fraction of sp³-hybridized carbons (Fsp3) is 0.522. The number of esters is 1. The number of carbonyl (C=O) groups excluding carboxylic acids is 2. The van der Waals surface area contributed by atoms with Crippen molar-refractivity contribution in [1.82, 2.24) is 4.90 Å². The number of thioether (sulfide) groups is 1. The zero-order valence-electron chi connectivity index (χ0n) is 19.2. The molecule has 0 spiro atoms. The van der Waals surface area contributed by atoms with Gasteiger partial charge in [-0.25, -0.2) is 9.79 Å². The summed E-state index contributed by atoms with van der Waals surface area (Å²) in [4.78, 5) is 32.5. The van der Waals surface area contributed by atoms with Crippen LogP contribution < -0.4 is 9.47 Å². The van der Waals surface area contributed by atoms with Crippen molar-refractivity contribution in [2.24, 2.45) is 4.99 Å². The van der Waals surface area contributed by atoms with Gasteiger partial charge in [-0.15, -0.1) is 0 Å². The van der Waals surface area contributed by atoms with Crippen LogP contribution in [0.15, 0.2) is 34.5 Å². The molecule has 2 aliphatic heterocycles. The monoisotopic (exact) mass is 462 g/mol. The average molecular weight is 463 g/mol. The third-order valence-corrected chi connectivity index (χ3v) is 6.46. The standard InChI is InChI=1S/C23H30N2O6S/c1-6-18-21(26)25-20(15-9-10-16(29-7-2)17(13-15)30-8-3)19(14(4)24-23(25)32-18)22(27)31-12-11-28-5/h9-10,13,18,20H,6-8,11-12H2,1-5H3. The van der Waals surface area contributed by atoms with Gasteiger partial charge in [-0.3, -0.25) is 9.69 Å². The van der Waals surface area contributed by atoms with Gasteiger partial charge in [0.05, 0.1) is 42.4 Å². The van der Waals surface area contributed by atoms with Crippen molar-refractivity contribution in [3.63, 3.8) is 0 Å². The minimum absolute atomic E-state index is 0.0669. The summed E-state index contributed by atoms with van der Waals surface area (Å²) in [6.07, 6.45) is 0.672. The van der Waals surface area contributed by atoms with E-state index in [2.05, 4.69) is 4.99 Å². The second-order valence-corrected chi connectivity index (χ2v) is 8.39. The number of rotatable bonds is 10. The lowest BCUT2D eigenvalue weighted by Crippen LogP contribution is -2.41. The smallest absolute Gasteiger partial charge is 0.338 e. The Morgan fingerprint density at radius 1 is 1.12 bits per heavy atom. The maximum atomic E-state index is 13.2. The molecule has 0 aliphatic carbocycles. The molecule has 9 heteroatoms.